The van der Waals surface area contributed by atoms with Gasteiger partial charge in [0.2, 0.25) is 11.8 Å². The number of rotatable bonds is 6. The van der Waals surface area contributed by atoms with E-state index in [-0.39, 0.29) is 5.91 Å². The van der Waals surface area contributed by atoms with Crippen LogP contribution in [-0.2, 0) is 20.8 Å². The number of hydrogen-bond acceptors (Lipinski definition) is 4. The zero-order valence-electron chi connectivity index (χ0n) is 15.1. The quantitative estimate of drug-likeness (QED) is 0.578. The van der Waals surface area contributed by atoms with Crippen LogP contribution in [0.15, 0.2) is 65.6 Å². The number of aliphatic carboxylic acids is 1. The largest absolute Gasteiger partial charge is 0.478 e. The molecule has 1 aliphatic rings. The molecule has 0 spiro atoms. The lowest BCUT2D eigenvalue weighted by atomic mass is 10.0. The second kappa shape index (κ2) is 9.23. The molecule has 2 N–H and O–H groups in total. The predicted octanol–water partition coefficient (Wildman–Crippen LogP) is 3.34. The smallest absolute Gasteiger partial charge is 0.328 e. The molecule has 6 nitrogen and oxygen atoms in total. The molecule has 0 radical (unpaired) electrons. The summed E-state index contributed by atoms with van der Waals surface area (Å²) in [6, 6.07) is 15.1. The summed E-state index contributed by atoms with van der Waals surface area (Å²) in [5, 5.41) is 11.1. The van der Waals surface area contributed by atoms with Crippen LogP contribution in [0.4, 0.5) is 11.4 Å². The minimum atomic E-state index is -1.18. The third-order valence-electron chi connectivity index (χ3n) is 4.27. The molecule has 0 atom stereocenters. The van der Waals surface area contributed by atoms with Crippen molar-refractivity contribution in [3.8, 4) is 0 Å². The maximum atomic E-state index is 12.7. The summed E-state index contributed by atoms with van der Waals surface area (Å²) in [5.41, 5.74) is 2.77. The molecule has 2 aromatic rings. The maximum absolute atomic E-state index is 12.7. The van der Waals surface area contributed by atoms with E-state index in [9.17, 15) is 14.4 Å². The summed E-state index contributed by atoms with van der Waals surface area (Å²) in [6.45, 7) is 0.741. The number of anilines is 2. The normalized spacial score (nSPS) is 13.2. The average molecular weight is 396 g/mol. The SMILES string of the molecule is O=C(O)/C=C/C(=O)Nc1ccc(SCC(=O)N2CCCc3ccccc32)cc1. The first-order chi connectivity index (χ1) is 13.5. The molecule has 1 aliphatic heterocycles. The summed E-state index contributed by atoms with van der Waals surface area (Å²) in [7, 11) is 0. The number of nitrogens with one attached hydrogen (secondary N) is 1. The van der Waals surface area contributed by atoms with E-state index in [2.05, 4.69) is 11.4 Å². The summed E-state index contributed by atoms with van der Waals surface area (Å²) >= 11 is 1.44. The number of nitrogens with zero attached hydrogens (tertiary/aromatic N) is 1. The minimum Gasteiger partial charge on any atom is -0.478 e. The molecule has 0 unspecified atom stereocenters. The van der Waals surface area contributed by atoms with Gasteiger partial charge in [-0.25, -0.2) is 4.79 Å². The fourth-order valence-corrected chi connectivity index (χ4v) is 3.76. The Balaban J connectivity index is 1.55. The van der Waals surface area contributed by atoms with Gasteiger partial charge in [-0.1, -0.05) is 18.2 Å². The van der Waals surface area contributed by atoms with Gasteiger partial charge in [0.25, 0.3) is 0 Å². The average Bonchev–Trinajstić information content (AvgIpc) is 2.71. The van der Waals surface area contributed by atoms with Crippen molar-refractivity contribution in [1.29, 1.82) is 0 Å². The van der Waals surface area contributed by atoms with E-state index < -0.39 is 11.9 Å². The number of amides is 2. The molecule has 28 heavy (non-hydrogen) atoms. The van der Waals surface area contributed by atoms with Crippen molar-refractivity contribution in [2.24, 2.45) is 0 Å². The first-order valence-electron chi connectivity index (χ1n) is 8.86. The number of fused-ring (bicyclic) bond motifs is 1. The Bertz CT molecular complexity index is 909. The zero-order valence-corrected chi connectivity index (χ0v) is 15.9. The highest BCUT2D eigenvalue weighted by Gasteiger charge is 2.21. The minimum absolute atomic E-state index is 0.0772. The summed E-state index contributed by atoms with van der Waals surface area (Å²) in [5.74, 6) is -1.28. The van der Waals surface area contributed by atoms with E-state index >= 15 is 0 Å². The number of benzene rings is 2. The van der Waals surface area contributed by atoms with Gasteiger partial charge in [0.15, 0.2) is 0 Å². The third kappa shape index (κ3) is 5.23. The van der Waals surface area contributed by atoms with Gasteiger partial charge in [-0.2, -0.15) is 0 Å². The second-order valence-electron chi connectivity index (χ2n) is 6.25. The standard InChI is InChI=1S/C21H20N2O4S/c24-19(11-12-21(26)27)22-16-7-9-17(10-8-16)28-14-20(25)23-13-3-5-15-4-1-2-6-18(15)23/h1-2,4,6-12H,3,5,13-14H2,(H,22,24)(H,26,27)/b12-11+. The van der Waals surface area contributed by atoms with Gasteiger partial charge in [0.05, 0.1) is 5.75 Å². The summed E-state index contributed by atoms with van der Waals surface area (Å²) < 4.78 is 0. The van der Waals surface area contributed by atoms with E-state index in [4.69, 9.17) is 5.11 Å². The number of hydrogen-bond donors (Lipinski definition) is 2. The predicted molar refractivity (Wildman–Crippen MR) is 110 cm³/mol. The van der Waals surface area contributed by atoms with Crippen LogP contribution in [0.5, 0.6) is 0 Å². The molecule has 1 heterocycles. The second-order valence-corrected chi connectivity index (χ2v) is 7.30. The third-order valence-corrected chi connectivity index (χ3v) is 5.27. The fourth-order valence-electron chi connectivity index (χ4n) is 2.98. The zero-order chi connectivity index (χ0) is 19.9. The van der Waals surface area contributed by atoms with Crippen LogP contribution in [0.3, 0.4) is 0 Å². The van der Waals surface area contributed by atoms with Crippen LogP contribution in [0.25, 0.3) is 0 Å². The Hall–Kier alpha value is -3.06. The van der Waals surface area contributed by atoms with E-state index in [1.54, 1.807) is 12.1 Å². The highest BCUT2D eigenvalue weighted by Crippen LogP contribution is 2.28. The van der Waals surface area contributed by atoms with E-state index in [0.29, 0.717) is 11.4 Å². The monoisotopic (exact) mass is 396 g/mol. The van der Waals surface area contributed by atoms with Crippen molar-refractivity contribution >= 4 is 40.9 Å². The fraction of sp³-hybridized carbons (Fsp3) is 0.190. The lowest BCUT2D eigenvalue weighted by molar-refractivity contribution is -0.131. The van der Waals surface area contributed by atoms with Gasteiger partial charge in [-0.05, 0) is 48.7 Å². The van der Waals surface area contributed by atoms with Gasteiger partial charge in [0, 0.05) is 35.0 Å². The van der Waals surface area contributed by atoms with Crippen molar-refractivity contribution in [3.63, 3.8) is 0 Å². The lowest BCUT2D eigenvalue weighted by Gasteiger charge is -2.29. The highest BCUT2D eigenvalue weighted by molar-refractivity contribution is 8.00. The molecule has 0 aliphatic carbocycles. The molecule has 2 aromatic carbocycles. The number of carbonyl (C=O) groups excluding carboxylic acids is 2. The Morgan fingerprint density at radius 2 is 1.82 bits per heavy atom. The van der Waals surface area contributed by atoms with Crippen LogP contribution in [0.1, 0.15) is 12.0 Å². The topological polar surface area (TPSA) is 86.7 Å². The Morgan fingerprint density at radius 1 is 1.07 bits per heavy atom. The molecule has 3 rings (SSSR count). The number of thioether (sulfide) groups is 1. The van der Waals surface area contributed by atoms with Crippen molar-refractivity contribution in [3.05, 3.63) is 66.2 Å². The van der Waals surface area contributed by atoms with E-state index in [1.807, 2.05) is 35.2 Å². The lowest BCUT2D eigenvalue weighted by Crippen LogP contribution is -2.36. The summed E-state index contributed by atoms with van der Waals surface area (Å²) in [4.78, 5) is 37.4. The van der Waals surface area contributed by atoms with Crippen molar-refractivity contribution < 1.29 is 19.5 Å². The number of carboxylic acids is 1. The van der Waals surface area contributed by atoms with Crippen LogP contribution in [0, 0.1) is 0 Å². The molecule has 0 bridgehead atoms. The van der Waals surface area contributed by atoms with Crippen molar-refractivity contribution in [1.82, 2.24) is 0 Å². The number of aryl methyl sites for hydroxylation is 1. The number of carbonyl (C=O) groups is 3. The van der Waals surface area contributed by atoms with Gasteiger partial charge in [0.1, 0.15) is 0 Å². The molecule has 0 saturated carbocycles. The van der Waals surface area contributed by atoms with E-state index in [1.165, 1.54) is 17.3 Å². The van der Waals surface area contributed by atoms with Crippen molar-refractivity contribution in [2.45, 2.75) is 17.7 Å². The molecule has 2 amide bonds. The first-order valence-corrected chi connectivity index (χ1v) is 9.84. The molecular formula is C21H20N2O4S. The van der Waals surface area contributed by atoms with Crippen LogP contribution < -0.4 is 10.2 Å². The van der Waals surface area contributed by atoms with Gasteiger partial charge < -0.3 is 15.3 Å². The van der Waals surface area contributed by atoms with Crippen LogP contribution in [-0.4, -0.2) is 35.2 Å². The van der Waals surface area contributed by atoms with Gasteiger partial charge in [-0.15, -0.1) is 11.8 Å². The molecule has 7 heteroatoms. The molecule has 0 saturated heterocycles. The highest BCUT2D eigenvalue weighted by atomic mass is 32.2. The molecule has 0 fully saturated rings. The Morgan fingerprint density at radius 3 is 2.57 bits per heavy atom. The van der Waals surface area contributed by atoms with Crippen molar-refractivity contribution in [2.75, 3.05) is 22.5 Å². The van der Waals surface area contributed by atoms with Crippen LogP contribution >= 0.6 is 11.8 Å². The number of carboxylic acid groups (broad SMARTS) is 1. The Labute approximate surface area is 167 Å². The first kappa shape index (κ1) is 19.7. The number of para-hydroxylation sites is 1. The maximum Gasteiger partial charge on any atom is 0.328 e. The van der Waals surface area contributed by atoms with Gasteiger partial charge in [-0.3, -0.25) is 9.59 Å². The molecule has 144 valence electrons. The van der Waals surface area contributed by atoms with Gasteiger partial charge >= 0.3 is 5.97 Å². The molecule has 0 aromatic heterocycles. The van der Waals surface area contributed by atoms with Crippen LogP contribution in [0.2, 0.25) is 0 Å². The van der Waals surface area contributed by atoms with E-state index in [0.717, 1.165) is 42.1 Å². The summed E-state index contributed by atoms with van der Waals surface area (Å²) in [6.07, 6.45) is 3.71. The Kier molecular flexibility index (Phi) is 6.49. The molecular weight excluding hydrogens is 376 g/mol.